The van der Waals surface area contributed by atoms with Gasteiger partial charge in [-0.3, -0.25) is 9.78 Å². The van der Waals surface area contributed by atoms with E-state index in [1.165, 1.54) is 0 Å². The first-order valence-corrected chi connectivity index (χ1v) is 7.26. The second-order valence-corrected chi connectivity index (χ2v) is 4.93. The third-order valence-corrected chi connectivity index (χ3v) is 3.30. The molecule has 0 aliphatic heterocycles. The predicted octanol–water partition coefficient (Wildman–Crippen LogP) is 2.71. The van der Waals surface area contributed by atoms with Crippen molar-refractivity contribution in [1.82, 2.24) is 4.98 Å². The zero-order valence-corrected chi connectivity index (χ0v) is 12.5. The first-order chi connectivity index (χ1) is 10.6. The lowest BCUT2D eigenvalue weighted by Gasteiger charge is -2.12. The molecule has 1 atom stereocenters. The van der Waals surface area contributed by atoms with Gasteiger partial charge in [0.05, 0.1) is 24.1 Å². The van der Waals surface area contributed by atoms with E-state index in [0.29, 0.717) is 23.6 Å². The van der Waals surface area contributed by atoms with Gasteiger partial charge in [0.2, 0.25) is 0 Å². The maximum Gasteiger partial charge on any atom is 0.305 e. The van der Waals surface area contributed by atoms with Crippen molar-refractivity contribution >= 4 is 11.7 Å². The lowest BCUT2D eigenvalue weighted by atomic mass is 10.0. The molecule has 0 spiro atoms. The van der Waals surface area contributed by atoms with Crippen molar-refractivity contribution in [2.24, 2.45) is 0 Å². The topological polar surface area (TPSA) is 85.4 Å². The number of ether oxygens (including phenoxy) is 1. The number of rotatable bonds is 6. The second-order valence-electron chi connectivity index (χ2n) is 4.93. The molecule has 1 aromatic heterocycles. The van der Waals surface area contributed by atoms with Crippen molar-refractivity contribution in [1.29, 1.82) is 0 Å². The smallest absolute Gasteiger partial charge is 0.305 e. The average Bonchev–Trinajstić information content (AvgIpc) is 2.53. The average molecular weight is 300 g/mol. The normalized spacial score (nSPS) is 11.9. The van der Waals surface area contributed by atoms with Crippen molar-refractivity contribution in [3.05, 3.63) is 48.2 Å². The van der Waals surface area contributed by atoms with Crippen LogP contribution in [0.25, 0.3) is 11.3 Å². The summed E-state index contributed by atoms with van der Waals surface area (Å²) in [5.41, 5.74) is 8.73. The number of aromatic nitrogens is 1. The van der Waals surface area contributed by atoms with Crippen LogP contribution < -0.4 is 5.73 Å². The molecule has 22 heavy (non-hydrogen) atoms. The number of nitrogen functional groups attached to an aromatic ring is 1. The van der Waals surface area contributed by atoms with Gasteiger partial charge < -0.3 is 15.6 Å². The van der Waals surface area contributed by atoms with E-state index in [0.717, 1.165) is 5.56 Å². The number of benzene rings is 1. The van der Waals surface area contributed by atoms with E-state index in [2.05, 4.69) is 4.98 Å². The molecule has 116 valence electrons. The molecular weight excluding hydrogens is 280 g/mol. The van der Waals surface area contributed by atoms with Gasteiger partial charge in [-0.05, 0) is 19.4 Å². The van der Waals surface area contributed by atoms with Gasteiger partial charge >= 0.3 is 5.97 Å². The highest BCUT2D eigenvalue weighted by atomic mass is 16.5. The Kier molecular flexibility index (Phi) is 5.49. The summed E-state index contributed by atoms with van der Waals surface area (Å²) >= 11 is 0. The van der Waals surface area contributed by atoms with Crippen LogP contribution in [0.4, 0.5) is 5.69 Å². The molecule has 5 heteroatoms. The zero-order valence-electron chi connectivity index (χ0n) is 12.5. The van der Waals surface area contributed by atoms with E-state index < -0.39 is 6.10 Å². The van der Waals surface area contributed by atoms with Crippen LogP contribution in [0.5, 0.6) is 0 Å². The summed E-state index contributed by atoms with van der Waals surface area (Å²) in [5.74, 6) is -0.316. The monoisotopic (exact) mass is 300 g/mol. The minimum atomic E-state index is -0.788. The van der Waals surface area contributed by atoms with E-state index in [1.807, 2.05) is 30.3 Å². The van der Waals surface area contributed by atoms with Crippen molar-refractivity contribution in [3.63, 3.8) is 0 Å². The number of nitrogens with two attached hydrogens (primary N) is 1. The molecule has 0 saturated carbocycles. The van der Waals surface area contributed by atoms with Crippen LogP contribution in [0.2, 0.25) is 0 Å². The lowest BCUT2D eigenvalue weighted by molar-refractivity contribution is -0.143. The van der Waals surface area contributed by atoms with E-state index in [4.69, 9.17) is 10.5 Å². The highest BCUT2D eigenvalue weighted by molar-refractivity contribution is 5.72. The van der Waals surface area contributed by atoms with Gasteiger partial charge in [-0.25, -0.2) is 0 Å². The first-order valence-electron chi connectivity index (χ1n) is 7.26. The fourth-order valence-electron chi connectivity index (χ4n) is 2.17. The minimum absolute atomic E-state index is 0.162. The van der Waals surface area contributed by atoms with Crippen LogP contribution in [0.15, 0.2) is 42.6 Å². The second kappa shape index (κ2) is 7.56. The number of hydrogen-bond donors (Lipinski definition) is 2. The SMILES string of the molecule is CCOC(=O)CC[C@@H](O)c1cnc(-c2ccccc2)c(N)c1. The Morgan fingerprint density at radius 3 is 2.73 bits per heavy atom. The van der Waals surface area contributed by atoms with Crippen molar-refractivity contribution < 1.29 is 14.6 Å². The standard InChI is InChI=1S/C17H20N2O3/c1-2-22-16(21)9-8-15(20)13-10-14(18)17(19-11-13)12-6-4-3-5-7-12/h3-7,10-11,15,20H,2,8-9,18H2,1H3/t15-/m1/s1. The first kappa shape index (κ1) is 16.0. The third-order valence-electron chi connectivity index (χ3n) is 3.30. The number of aliphatic hydroxyl groups is 1. The summed E-state index contributed by atoms with van der Waals surface area (Å²) < 4.78 is 4.84. The van der Waals surface area contributed by atoms with Gasteiger partial charge in [0.1, 0.15) is 0 Å². The molecule has 0 aliphatic carbocycles. The molecule has 0 saturated heterocycles. The largest absolute Gasteiger partial charge is 0.466 e. The van der Waals surface area contributed by atoms with Gasteiger partial charge in [-0.1, -0.05) is 30.3 Å². The summed E-state index contributed by atoms with van der Waals surface area (Å²) in [6.07, 6.45) is 1.25. The molecule has 5 nitrogen and oxygen atoms in total. The molecular formula is C17H20N2O3. The van der Waals surface area contributed by atoms with Gasteiger partial charge in [0.25, 0.3) is 0 Å². The highest BCUT2D eigenvalue weighted by Gasteiger charge is 2.13. The number of esters is 1. The predicted molar refractivity (Wildman–Crippen MR) is 84.9 cm³/mol. The van der Waals surface area contributed by atoms with Crippen LogP contribution in [-0.4, -0.2) is 22.7 Å². The van der Waals surface area contributed by atoms with E-state index in [1.54, 1.807) is 19.2 Å². The van der Waals surface area contributed by atoms with Crippen LogP contribution >= 0.6 is 0 Å². The molecule has 1 heterocycles. The molecule has 0 fully saturated rings. The Bertz CT molecular complexity index is 629. The third kappa shape index (κ3) is 4.05. The summed E-state index contributed by atoms with van der Waals surface area (Å²) in [4.78, 5) is 15.6. The lowest BCUT2D eigenvalue weighted by Crippen LogP contribution is -2.08. The maximum atomic E-state index is 11.3. The Hall–Kier alpha value is -2.40. The molecule has 2 rings (SSSR count). The van der Waals surface area contributed by atoms with Crippen LogP contribution in [0.3, 0.4) is 0 Å². The van der Waals surface area contributed by atoms with Crippen molar-refractivity contribution in [3.8, 4) is 11.3 Å². The molecule has 0 aliphatic rings. The zero-order chi connectivity index (χ0) is 15.9. The fraction of sp³-hybridized carbons (Fsp3) is 0.294. The van der Waals surface area contributed by atoms with Crippen molar-refractivity contribution in [2.45, 2.75) is 25.9 Å². The Morgan fingerprint density at radius 2 is 2.09 bits per heavy atom. The van der Waals surface area contributed by atoms with Gasteiger partial charge in [-0.2, -0.15) is 0 Å². The summed E-state index contributed by atoms with van der Waals surface area (Å²) in [6.45, 7) is 2.09. The molecule has 1 aromatic carbocycles. The highest BCUT2D eigenvalue weighted by Crippen LogP contribution is 2.27. The van der Waals surface area contributed by atoms with Crippen LogP contribution in [-0.2, 0) is 9.53 Å². The van der Waals surface area contributed by atoms with E-state index in [-0.39, 0.29) is 18.8 Å². The number of nitrogens with zero attached hydrogens (tertiary/aromatic N) is 1. The minimum Gasteiger partial charge on any atom is -0.466 e. The summed E-state index contributed by atoms with van der Waals surface area (Å²) in [7, 11) is 0. The fourth-order valence-corrected chi connectivity index (χ4v) is 2.17. The quantitative estimate of drug-likeness (QED) is 0.801. The summed E-state index contributed by atoms with van der Waals surface area (Å²) in [6, 6.07) is 11.3. The van der Waals surface area contributed by atoms with Gasteiger partial charge in [0, 0.05) is 23.7 Å². The van der Waals surface area contributed by atoms with E-state index in [9.17, 15) is 9.90 Å². The number of hydrogen-bond acceptors (Lipinski definition) is 5. The number of aliphatic hydroxyl groups excluding tert-OH is 1. The van der Waals surface area contributed by atoms with Crippen LogP contribution in [0.1, 0.15) is 31.4 Å². The number of carbonyl (C=O) groups is 1. The number of anilines is 1. The molecule has 0 unspecified atom stereocenters. The molecule has 3 N–H and O–H groups in total. The van der Waals surface area contributed by atoms with Crippen LogP contribution in [0, 0.1) is 0 Å². The van der Waals surface area contributed by atoms with Gasteiger partial charge in [0.15, 0.2) is 0 Å². The van der Waals surface area contributed by atoms with Crippen molar-refractivity contribution in [2.75, 3.05) is 12.3 Å². The molecule has 0 amide bonds. The molecule has 0 bridgehead atoms. The summed E-state index contributed by atoms with van der Waals surface area (Å²) in [5, 5.41) is 10.1. The maximum absolute atomic E-state index is 11.3. The number of carbonyl (C=O) groups excluding carboxylic acids is 1. The molecule has 0 radical (unpaired) electrons. The number of pyridine rings is 1. The Morgan fingerprint density at radius 1 is 1.36 bits per heavy atom. The molecule has 2 aromatic rings. The van der Waals surface area contributed by atoms with E-state index >= 15 is 0 Å². The van der Waals surface area contributed by atoms with Gasteiger partial charge in [-0.15, -0.1) is 0 Å². The Labute approximate surface area is 129 Å². The Balaban J connectivity index is 2.07.